The first-order chi connectivity index (χ1) is 11.0. The van der Waals surface area contributed by atoms with Gasteiger partial charge >= 0.3 is 0 Å². The quantitative estimate of drug-likeness (QED) is 0.669. The van der Waals surface area contributed by atoms with E-state index in [1.165, 1.54) is 16.9 Å². The Balaban J connectivity index is 2.26. The van der Waals surface area contributed by atoms with E-state index in [4.69, 9.17) is 6.42 Å². The fourth-order valence-electron chi connectivity index (χ4n) is 2.21. The van der Waals surface area contributed by atoms with Crippen LogP contribution < -0.4 is 4.80 Å². The molecule has 0 saturated carbocycles. The summed E-state index contributed by atoms with van der Waals surface area (Å²) in [4.78, 5) is 0.402. The third kappa shape index (κ3) is 3.11. The van der Waals surface area contributed by atoms with Crippen molar-refractivity contribution in [2.75, 3.05) is 0 Å². The summed E-state index contributed by atoms with van der Waals surface area (Å²) >= 11 is 2.50. The van der Waals surface area contributed by atoms with Crippen LogP contribution in [0.1, 0.15) is 12.5 Å². The van der Waals surface area contributed by atoms with Gasteiger partial charge in [-0.05, 0) is 35.6 Å². The van der Waals surface area contributed by atoms with Crippen molar-refractivity contribution in [1.82, 2.24) is 4.57 Å². The normalized spacial score (nSPS) is 12.6. The highest BCUT2D eigenvalue weighted by Crippen LogP contribution is 2.22. The average Bonchev–Trinajstić information content (AvgIpc) is 3.16. The van der Waals surface area contributed by atoms with E-state index < -0.39 is 10.0 Å². The number of aromatic nitrogens is 1. The van der Waals surface area contributed by atoms with Crippen molar-refractivity contribution in [1.29, 1.82) is 0 Å². The molecule has 1 aromatic carbocycles. The summed E-state index contributed by atoms with van der Waals surface area (Å²) in [6, 6.07) is 9.31. The molecular weight excluding hydrogens is 348 g/mol. The molecule has 0 atom stereocenters. The molecule has 0 aliphatic carbocycles. The van der Waals surface area contributed by atoms with Gasteiger partial charge < -0.3 is 4.57 Å². The van der Waals surface area contributed by atoms with Crippen LogP contribution in [0.2, 0.25) is 0 Å². The summed E-state index contributed by atoms with van der Waals surface area (Å²) in [5.41, 5.74) is 2.10. The summed E-state index contributed by atoms with van der Waals surface area (Å²) in [6.45, 7) is 2.36. The van der Waals surface area contributed by atoms with Gasteiger partial charge in [0.25, 0.3) is 10.0 Å². The zero-order valence-electron chi connectivity index (χ0n) is 12.4. The Morgan fingerprint density at radius 1 is 1.35 bits per heavy atom. The van der Waals surface area contributed by atoms with E-state index >= 15 is 0 Å². The number of hydrogen-bond acceptors (Lipinski definition) is 4. The number of sulfonamides is 1. The molecule has 0 saturated heterocycles. The minimum atomic E-state index is -3.71. The highest BCUT2D eigenvalue weighted by Gasteiger charge is 2.15. The van der Waals surface area contributed by atoms with Crippen LogP contribution >= 0.6 is 22.7 Å². The number of thiazole rings is 1. The third-order valence-corrected chi connectivity index (χ3v) is 7.15. The van der Waals surface area contributed by atoms with Crippen LogP contribution in [0.5, 0.6) is 0 Å². The zero-order chi connectivity index (χ0) is 16.4. The molecule has 0 radical (unpaired) electrons. The lowest BCUT2D eigenvalue weighted by molar-refractivity contribution is 0.598. The van der Waals surface area contributed by atoms with Gasteiger partial charge in [-0.2, -0.15) is 8.42 Å². The number of rotatable bonds is 4. The monoisotopic (exact) mass is 362 g/mol. The first-order valence-corrected chi connectivity index (χ1v) is 10.1. The summed E-state index contributed by atoms with van der Waals surface area (Å²) in [6.07, 6.45) is 6.36. The molecule has 2 aromatic heterocycles. The fourth-order valence-corrected chi connectivity index (χ4v) is 5.47. The molecule has 0 bridgehead atoms. The first-order valence-electron chi connectivity index (χ1n) is 6.95. The summed E-state index contributed by atoms with van der Waals surface area (Å²) in [5.74, 6) is 2.57. The lowest BCUT2D eigenvalue weighted by atomic mass is 10.2. The van der Waals surface area contributed by atoms with Crippen molar-refractivity contribution in [3.63, 3.8) is 0 Å². The molecule has 0 N–H and O–H groups in total. The highest BCUT2D eigenvalue weighted by atomic mass is 32.2. The zero-order valence-corrected chi connectivity index (χ0v) is 14.8. The van der Waals surface area contributed by atoms with Crippen molar-refractivity contribution in [3.05, 3.63) is 46.1 Å². The van der Waals surface area contributed by atoms with Crippen molar-refractivity contribution in [2.24, 2.45) is 4.40 Å². The molecule has 0 aliphatic rings. The van der Waals surface area contributed by atoms with Crippen LogP contribution in [0, 0.1) is 12.3 Å². The maximum absolute atomic E-state index is 12.4. The smallest absolute Gasteiger partial charge is 0.294 e. The van der Waals surface area contributed by atoms with Crippen LogP contribution in [-0.4, -0.2) is 13.0 Å². The van der Waals surface area contributed by atoms with Gasteiger partial charge in [-0.25, -0.2) is 0 Å². The molecule has 3 aromatic rings. The Bertz CT molecular complexity index is 1050. The maximum Gasteiger partial charge on any atom is 0.294 e. The molecule has 7 heteroatoms. The number of aryl methyl sites for hydroxylation is 1. The van der Waals surface area contributed by atoms with Gasteiger partial charge in [0, 0.05) is 0 Å². The topological polar surface area (TPSA) is 51.4 Å². The van der Waals surface area contributed by atoms with Gasteiger partial charge in [-0.15, -0.1) is 22.2 Å². The SMILES string of the molecule is C#CCn1c(=NS(=O)(=O)c2cccs2)sc2cc(CC)ccc21. The number of nitrogens with zero attached hydrogens (tertiary/aromatic N) is 2. The van der Waals surface area contributed by atoms with Gasteiger partial charge in [0.05, 0.1) is 16.8 Å². The predicted octanol–water partition coefficient (Wildman–Crippen LogP) is 3.25. The Hall–Kier alpha value is -1.88. The Kier molecular flexibility index (Phi) is 4.39. The molecule has 118 valence electrons. The lowest BCUT2D eigenvalue weighted by Gasteiger charge is -2.01. The van der Waals surface area contributed by atoms with Crippen LogP contribution in [0.4, 0.5) is 0 Å². The van der Waals surface area contributed by atoms with Gasteiger partial charge in [0.1, 0.15) is 4.21 Å². The standard InChI is InChI=1S/C16H14N2O2S3/c1-3-9-18-13-8-7-12(4-2)11-14(13)22-16(18)17-23(19,20)15-6-5-10-21-15/h1,5-8,10-11H,4,9H2,2H3. The summed E-state index contributed by atoms with van der Waals surface area (Å²) < 4.78 is 31.8. The van der Waals surface area contributed by atoms with E-state index in [9.17, 15) is 8.42 Å². The molecule has 2 heterocycles. The number of fused-ring (bicyclic) bond motifs is 1. The van der Waals surface area contributed by atoms with Gasteiger partial charge in [0.15, 0.2) is 0 Å². The first kappa shape index (κ1) is 16.0. The molecule has 0 spiro atoms. The van der Waals surface area contributed by atoms with Crippen molar-refractivity contribution in [3.8, 4) is 12.3 Å². The lowest BCUT2D eigenvalue weighted by Crippen LogP contribution is -2.16. The minimum Gasteiger partial charge on any atom is -0.304 e. The number of hydrogen-bond donors (Lipinski definition) is 0. The maximum atomic E-state index is 12.4. The number of benzene rings is 1. The van der Waals surface area contributed by atoms with E-state index in [0.29, 0.717) is 4.80 Å². The second kappa shape index (κ2) is 6.32. The van der Waals surface area contributed by atoms with Crippen molar-refractivity contribution >= 4 is 42.9 Å². The van der Waals surface area contributed by atoms with Crippen LogP contribution in [0.25, 0.3) is 10.2 Å². The Morgan fingerprint density at radius 2 is 2.17 bits per heavy atom. The summed E-state index contributed by atoms with van der Waals surface area (Å²) in [5, 5.41) is 1.72. The van der Waals surface area contributed by atoms with Crippen molar-refractivity contribution in [2.45, 2.75) is 24.1 Å². The molecule has 0 fully saturated rings. The Labute approximate surface area is 142 Å². The number of terminal acetylenes is 1. The fraction of sp³-hybridized carbons (Fsp3) is 0.188. The minimum absolute atomic E-state index is 0.233. The second-order valence-corrected chi connectivity index (χ2v) is 8.62. The van der Waals surface area contributed by atoms with Crippen molar-refractivity contribution < 1.29 is 8.42 Å². The largest absolute Gasteiger partial charge is 0.304 e. The molecule has 0 aliphatic heterocycles. The van der Waals surface area contributed by atoms with Crippen LogP contribution in [0.15, 0.2) is 44.3 Å². The van der Waals surface area contributed by atoms with E-state index in [1.807, 2.05) is 12.1 Å². The third-order valence-electron chi connectivity index (χ3n) is 3.35. The van der Waals surface area contributed by atoms with E-state index in [1.54, 1.807) is 22.1 Å². The molecule has 23 heavy (non-hydrogen) atoms. The molecule has 3 rings (SSSR count). The second-order valence-electron chi connectivity index (χ2n) is 4.83. The van der Waals surface area contributed by atoms with Gasteiger partial charge in [-0.1, -0.05) is 36.3 Å². The summed E-state index contributed by atoms with van der Waals surface area (Å²) in [7, 11) is -3.71. The highest BCUT2D eigenvalue weighted by molar-refractivity contribution is 7.92. The molecule has 0 unspecified atom stereocenters. The van der Waals surface area contributed by atoms with Crippen LogP contribution in [0.3, 0.4) is 0 Å². The predicted molar refractivity (Wildman–Crippen MR) is 95.1 cm³/mol. The molecular formula is C16H14N2O2S3. The van der Waals surface area contributed by atoms with Gasteiger partial charge in [-0.3, -0.25) is 0 Å². The Morgan fingerprint density at radius 3 is 2.83 bits per heavy atom. The molecule has 0 amide bonds. The van der Waals surface area contributed by atoms with Gasteiger partial charge in [0.2, 0.25) is 4.80 Å². The van der Waals surface area contributed by atoms with E-state index in [2.05, 4.69) is 23.3 Å². The van der Waals surface area contributed by atoms with E-state index in [0.717, 1.165) is 28.0 Å². The van der Waals surface area contributed by atoms with E-state index in [-0.39, 0.29) is 10.8 Å². The molecule has 4 nitrogen and oxygen atoms in total. The average molecular weight is 363 g/mol. The van der Waals surface area contributed by atoms with Crippen LogP contribution in [-0.2, 0) is 23.0 Å². The number of thiophene rings is 1.